The highest BCUT2D eigenvalue weighted by Crippen LogP contribution is 2.43. The van der Waals surface area contributed by atoms with Crippen molar-refractivity contribution in [1.82, 2.24) is 24.9 Å². The molecule has 1 N–H and O–H groups in total. The number of carbonyl (C=O) groups is 1. The van der Waals surface area contributed by atoms with Crippen LogP contribution in [0, 0.1) is 0 Å². The van der Waals surface area contributed by atoms with Gasteiger partial charge in [0.25, 0.3) is 5.78 Å². The Kier molecular flexibility index (Phi) is 5.32. The number of nitrogens with zero attached hydrogens (tertiary/aromatic N) is 4. The highest BCUT2D eigenvalue weighted by Gasteiger charge is 2.41. The molecule has 2 aliphatic rings. The van der Waals surface area contributed by atoms with E-state index in [2.05, 4.69) is 41.7 Å². The third-order valence-electron chi connectivity index (χ3n) is 7.03. The zero-order chi connectivity index (χ0) is 24.9. The van der Waals surface area contributed by atoms with Crippen LogP contribution >= 0.6 is 0 Å². The molecule has 0 radical (unpaired) electrons. The summed E-state index contributed by atoms with van der Waals surface area (Å²) >= 11 is 0. The van der Waals surface area contributed by atoms with Crippen molar-refractivity contribution in [3.8, 4) is 22.4 Å². The molecule has 2 fully saturated rings. The first-order chi connectivity index (χ1) is 17.3. The van der Waals surface area contributed by atoms with E-state index in [0.29, 0.717) is 11.7 Å². The van der Waals surface area contributed by atoms with Gasteiger partial charge in [-0.3, -0.25) is 0 Å². The van der Waals surface area contributed by atoms with Gasteiger partial charge in [0.1, 0.15) is 5.60 Å². The molecule has 7 heteroatoms. The van der Waals surface area contributed by atoms with Crippen molar-refractivity contribution < 1.29 is 9.53 Å². The summed E-state index contributed by atoms with van der Waals surface area (Å²) in [6.45, 7) is 5.64. The summed E-state index contributed by atoms with van der Waals surface area (Å²) in [4.78, 5) is 22.2. The van der Waals surface area contributed by atoms with Crippen molar-refractivity contribution in [1.29, 1.82) is 0 Å². The molecule has 2 aromatic heterocycles. The third-order valence-corrected chi connectivity index (χ3v) is 7.03. The molecule has 2 aliphatic carbocycles. The van der Waals surface area contributed by atoms with Crippen molar-refractivity contribution in [3.05, 3.63) is 72.2 Å². The van der Waals surface area contributed by atoms with Gasteiger partial charge in [0.05, 0.1) is 11.2 Å². The quantitative estimate of drug-likeness (QED) is 0.365. The van der Waals surface area contributed by atoms with Crippen LogP contribution in [0.15, 0.2) is 60.8 Å². The fourth-order valence-corrected chi connectivity index (χ4v) is 4.86. The normalized spacial score (nSPS) is 17.0. The van der Waals surface area contributed by atoms with Crippen molar-refractivity contribution in [2.24, 2.45) is 0 Å². The molecule has 0 atom stereocenters. The molecule has 2 saturated carbocycles. The first-order valence-corrected chi connectivity index (χ1v) is 12.7. The number of hydrogen-bond donors (Lipinski definition) is 1. The predicted octanol–water partition coefficient (Wildman–Crippen LogP) is 6.24. The molecule has 1 amide bonds. The minimum absolute atomic E-state index is 0.372. The van der Waals surface area contributed by atoms with Crippen LogP contribution in [0.1, 0.15) is 70.2 Å². The summed E-state index contributed by atoms with van der Waals surface area (Å²) < 4.78 is 7.34. The molecule has 36 heavy (non-hydrogen) atoms. The third kappa shape index (κ3) is 4.34. The Bertz CT molecular complexity index is 1410. The van der Waals surface area contributed by atoms with Gasteiger partial charge in [0, 0.05) is 23.2 Å². The topological polar surface area (TPSA) is 81.4 Å². The van der Waals surface area contributed by atoms with Crippen LogP contribution in [-0.2, 0) is 10.3 Å². The number of hydrogen-bond acceptors (Lipinski definition) is 5. The fraction of sp³-hybridized carbons (Fsp3) is 0.379. The average Bonchev–Trinajstić information content (AvgIpc) is 3.59. The van der Waals surface area contributed by atoms with E-state index in [4.69, 9.17) is 19.8 Å². The van der Waals surface area contributed by atoms with Crippen LogP contribution < -0.4 is 5.32 Å². The van der Waals surface area contributed by atoms with Crippen LogP contribution in [0.2, 0.25) is 0 Å². The van der Waals surface area contributed by atoms with Gasteiger partial charge in [-0.1, -0.05) is 54.6 Å². The number of rotatable bonds is 5. The summed E-state index contributed by atoms with van der Waals surface area (Å²) in [6.07, 6.45) is 6.83. The molecular weight excluding hydrogens is 450 g/mol. The van der Waals surface area contributed by atoms with E-state index in [1.165, 1.54) is 0 Å². The van der Waals surface area contributed by atoms with Crippen LogP contribution in [-0.4, -0.2) is 31.3 Å². The Morgan fingerprint density at radius 1 is 1.00 bits per heavy atom. The van der Waals surface area contributed by atoms with E-state index >= 15 is 0 Å². The lowest BCUT2D eigenvalue weighted by Gasteiger charge is -2.43. The lowest BCUT2D eigenvalue weighted by atomic mass is 9.71. The number of aromatic nitrogens is 4. The number of ether oxygens (including phenoxy) is 1. The van der Waals surface area contributed by atoms with E-state index in [1.807, 2.05) is 49.7 Å². The van der Waals surface area contributed by atoms with Gasteiger partial charge in [-0.05, 0) is 64.0 Å². The summed E-state index contributed by atoms with van der Waals surface area (Å²) in [5.74, 6) is 1.97. The Hall–Kier alpha value is -3.74. The Morgan fingerprint density at radius 2 is 1.72 bits per heavy atom. The second-order valence-electron chi connectivity index (χ2n) is 11.0. The van der Waals surface area contributed by atoms with Gasteiger partial charge < -0.3 is 10.1 Å². The Morgan fingerprint density at radius 3 is 2.33 bits per heavy atom. The van der Waals surface area contributed by atoms with Gasteiger partial charge in [-0.25, -0.2) is 14.3 Å². The smallest absolute Gasteiger partial charge is 0.408 e. The van der Waals surface area contributed by atoms with Crippen LogP contribution in [0.4, 0.5) is 4.79 Å². The van der Waals surface area contributed by atoms with E-state index in [-0.39, 0.29) is 11.6 Å². The number of carbonyl (C=O) groups excluding carboxylic acids is 1. The minimum atomic E-state index is -0.530. The minimum Gasteiger partial charge on any atom is -0.444 e. The average molecular weight is 482 g/mol. The highest BCUT2D eigenvalue weighted by molar-refractivity contribution is 5.81. The van der Waals surface area contributed by atoms with Crippen molar-refractivity contribution in [2.45, 2.75) is 69.9 Å². The van der Waals surface area contributed by atoms with Gasteiger partial charge in [0.15, 0.2) is 5.82 Å². The standard InChI is InChI=1S/C29H31N5O2/c1-28(2,3)36-27(35)32-29(16-7-17-29)22-14-12-20(13-15-22)24-23(19-8-5-4-6-9-19)18-34-26(30-24)31-25(33-34)21-10-11-21/h4-6,8-9,12-15,18,21H,7,10-11,16-17H2,1-3H3,(H,32,35). The summed E-state index contributed by atoms with van der Waals surface area (Å²) in [5.41, 5.74) is 4.14. The number of amides is 1. The van der Waals surface area contributed by atoms with Crippen molar-refractivity contribution in [3.63, 3.8) is 0 Å². The van der Waals surface area contributed by atoms with Gasteiger partial charge >= 0.3 is 6.09 Å². The molecule has 7 nitrogen and oxygen atoms in total. The number of benzene rings is 2. The van der Waals surface area contributed by atoms with Crippen molar-refractivity contribution in [2.75, 3.05) is 0 Å². The van der Waals surface area contributed by atoms with Gasteiger partial charge in [-0.2, -0.15) is 4.98 Å². The maximum atomic E-state index is 12.6. The summed E-state index contributed by atoms with van der Waals surface area (Å²) in [7, 11) is 0. The van der Waals surface area contributed by atoms with Gasteiger partial charge in [0.2, 0.25) is 0 Å². The molecule has 0 bridgehead atoms. The zero-order valence-electron chi connectivity index (χ0n) is 21.0. The van der Waals surface area contributed by atoms with Crippen molar-refractivity contribution >= 4 is 11.9 Å². The summed E-state index contributed by atoms with van der Waals surface area (Å²) in [6, 6.07) is 18.7. The Labute approximate surface area is 210 Å². The first kappa shape index (κ1) is 22.7. The molecule has 0 aliphatic heterocycles. The molecule has 6 rings (SSSR count). The summed E-state index contributed by atoms with van der Waals surface area (Å²) in [5, 5.41) is 7.85. The lowest BCUT2D eigenvalue weighted by Crippen LogP contribution is -2.52. The molecule has 4 aromatic rings. The molecule has 0 saturated heterocycles. The van der Waals surface area contributed by atoms with E-state index < -0.39 is 5.60 Å². The number of nitrogens with one attached hydrogen (secondary N) is 1. The maximum Gasteiger partial charge on any atom is 0.408 e. The number of alkyl carbamates (subject to hydrolysis) is 1. The number of fused-ring (bicyclic) bond motifs is 1. The fourth-order valence-electron chi connectivity index (χ4n) is 4.86. The van der Waals surface area contributed by atoms with Gasteiger partial charge in [-0.15, -0.1) is 5.10 Å². The molecule has 2 heterocycles. The molecule has 0 spiro atoms. The molecule has 0 unspecified atom stereocenters. The van der Waals surface area contributed by atoms with Crippen LogP contribution in [0.3, 0.4) is 0 Å². The lowest BCUT2D eigenvalue weighted by molar-refractivity contribution is 0.0377. The van der Waals surface area contributed by atoms with E-state index in [9.17, 15) is 4.79 Å². The monoisotopic (exact) mass is 481 g/mol. The molecule has 2 aromatic carbocycles. The maximum absolute atomic E-state index is 12.6. The predicted molar refractivity (Wildman–Crippen MR) is 139 cm³/mol. The second-order valence-corrected chi connectivity index (χ2v) is 11.0. The molecule has 184 valence electrons. The first-order valence-electron chi connectivity index (χ1n) is 12.7. The highest BCUT2D eigenvalue weighted by atomic mass is 16.6. The molecular formula is C29H31N5O2. The zero-order valence-corrected chi connectivity index (χ0v) is 21.0. The van der Waals surface area contributed by atoms with Crippen LogP contribution in [0.25, 0.3) is 28.2 Å². The Balaban J connectivity index is 1.36. The van der Waals surface area contributed by atoms with Crippen LogP contribution in [0.5, 0.6) is 0 Å². The second kappa shape index (κ2) is 8.43. The largest absolute Gasteiger partial charge is 0.444 e. The van der Waals surface area contributed by atoms with E-state index in [1.54, 1.807) is 0 Å². The SMILES string of the molecule is CC(C)(C)OC(=O)NC1(c2ccc(-c3nc4nc(C5CC5)nn4cc3-c3ccccc3)cc2)CCC1. The van der Waals surface area contributed by atoms with E-state index in [0.717, 1.165) is 65.9 Å².